The number of ether oxygens (including phenoxy) is 2. The highest BCUT2D eigenvalue weighted by Gasteiger charge is 2.11. The molecule has 0 saturated carbocycles. The minimum Gasteiger partial charge on any atom is -0.457 e. The molecular formula is C24H16N4O6. The van der Waals surface area contributed by atoms with Crippen molar-refractivity contribution in [3.8, 4) is 23.0 Å². The van der Waals surface area contributed by atoms with Gasteiger partial charge in [-0.25, -0.2) is 0 Å². The fraction of sp³-hybridized carbons (Fsp3) is 0. The van der Waals surface area contributed by atoms with Crippen molar-refractivity contribution in [3.05, 3.63) is 117 Å². The Morgan fingerprint density at radius 3 is 1.68 bits per heavy atom. The first-order valence-corrected chi connectivity index (χ1v) is 9.93. The molecule has 0 saturated heterocycles. The lowest BCUT2D eigenvalue weighted by atomic mass is 10.2. The monoisotopic (exact) mass is 456 g/mol. The maximum atomic E-state index is 10.9. The molecule has 0 unspecified atom stereocenters. The number of nitro groups is 2. The second-order valence-electron chi connectivity index (χ2n) is 6.87. The molecule has 0 aromatic heterocycles. The third-order valence-corrected chi connectivity index (χ3v) is 4.52. The highest BCUT2D eigenvalue weighted by Crippen LogP contribution is 2.38. The van der Waals surface area contributed by atoms with Gasteiger partial charge in [-0.1, -0.05) is 18.2 Å². The van der Waals surface area contributed by atoms with E-state index < -0.39 is 9.85 Å². The summed E-state index contributed by atoms with van der Waals surface area (Å²) in [7, 11) is 0. The minimum atomic E-state index is -0.492. The van der Waals surface area contributed by atoms with Crippen LogP contribution in [-0.2, 0) is 0 Å². The molecule has 0 radical (unpaired) electrons. The second kappa shape index (κ2) is 10.0. The molecule has 0 fully saturated rings. The number of rotatable bonds is 8. The van der Waals surface area contributed by atoms with Gasteiger partial charge in [-0.2, -0.15) is 5.11 Å². The Kier molecular flexibility index (Phi) is 6.50. The van der Waals surface area contributed by atoms with Crippen LogP contribution in [0.2, 0.25) is 0 Å². The quantitative estimate of drug-likeness (QED) is 0.153. The van der Waals surface area contributed by atoms with Crippen LogP contribution in [0.1, 0.15) is 0 Å². The smallest absolute Gasteiger partial charge is 0.269 e. The summed E-state index contributed by atoms with van der Waals surface area (Å²) in [6.07, 6.45) is 0. The molecule has 0 heterocycles. The predicted octanol–water partition coefficient (Wildman–Crippen LogP) is 7.50. The van der Waals surface area contributed by atoms with Gasteiger partial charge in [0.2, 0.25) is 0 Å². The van der Waals surface area contributed by atoms with Gasteiger partial charge in [0, 0.05) is 30.3 Å². The van der Waals surface area contributed by atoms with E-state index in [1.165, 1.54) is 48.5 Å². The number of nitro benzene ring substituents is 2. The van der Waals surface area contributed by atoms with Crippen molar-refractivity contribution in [2.24, 2.45) is 10.2 Å². The van der Waals surface area contributed by atoms with E-state index >= 15 is 0 Å². The summed E-state index contributed by atoms with van der Waals surface area (Å²) in [5, 5.41) is 30.2. The third-order valence-electron chi connectivity index (χ3n) is 4.52. The third kappa shape index (κ3) is 5.56. The van der Waals surface area contributed by atoms with Gasteiger partial charge in [-0.3, -0.25) is 20.2 Å². The van der Waals surface area contributed by atoms with Crippen LogP contribution in [-0.4, -0.2) is 9.85 Å². The Hall–Kier alpha value is -5.12. The van der Waals surface area contributed by atoms with Crippen LogP contribution >= 0.6 is 0 Å². The molecule has 34 heavy (non-hydrogen) atoms. The van der Waals surface area contributed by atoms with E-state index in [-0.39, 0.29) is 11.4 Å². The van der Waals surface area contributed by atoms with Crippen LogP contribution in [0, 0.1) is 20.2 Å². The summed E-state index contributed by atoms with van der Waals surface area (Å²) in [6.45, 7) is 0. The summed E-state index contributed by atoms with van der Waals surface area (Å²) >= 11 is 0. The van der Waals surface area contributed by atoms with Crippen molar-refractivity contribution in [1.82, 2.24) is 0 Å². The number of non-ortho nitro benzene ring substituents is 2. The van der Waals surface area contributed by atoms with E-state index in [2.05, 4.69) is 10.2 Å². The molecule has 0 spiro atoms. The van der Waals surface area contributed by atoms with Gasteiger partial charge in [-0.05, 0) is 48.5 Å². The Morgan fingerprint density at radius 1 is 0.588 bits per heavy atom. The molecule has 10 heteroatoms. The van der Waals surface area contributed by atoms with Crippen LogP contribution in [0.5, 0.6) is 23.0 Å². The average Bonchev–Trinajstić information content (AvgIpc) is 2.85. The first kappa shape index (κ1) is 22.1. The van der Waals surface area contributed by atoms with E-state index in [0.717, 1.165) is 0 Å². The van der Waals surface area contributed by atoms with Crippen molar-refractivity contribution >= 4 is 22.7 Å². The van der Waals surface area contributed by atoms with Gasteiger partial charge in [0.1, 0.15) is 22.9 Å². The molecule has 4 aromatic carbocycles. The summed E-state index contributed by atoms with van der Waals surface area (Å²) in [5.74, 6) is 1.54. The Labute approximate surface area is 193 Å². The molecule has 0 aliphatic heterocycles. The fourth-order valence-electron chi connectivity index (χ4n) is 2.87. The average molecular weight is 456 g/mol. The van der Waals surface area contributed by atoms with Crippen LogP contribution in [0.15, 0.2) is 107 Å². The second-order valence-corrected chi connectivity index (χ2v) is 6.87. The largest absolute Gasteiger partial charge is 0.457 e. The molecule has 0 N–H and O–H groups in total. The molecule has 0 bridgehead atoms. The van der Waals surface area contributed by atoms with Gasteiger partial charge >= 0.3 is 0 Å². The molecule has 0 atom stereocenters. The van der Waals surface area contributed by atoms with Crippen molar-refractivity contribution in [2.45, 2.75) is 0 Å². The van der Waals surface area contributed by atoms with Crippen molar-refractivity contribution in [1.29, 1.82) is 0 Å². The lowest BCUT2D eigenvalue weighted by molar-refractivity contribution is -0.385. The summed E-state index contributed by atoms with van der Waals surface area (Å²) in [5.41, 5.74) is 0.881. The SMILES string of the molecule is O=[N+]([O-])c1ccc(Oc2ccc(Oc3ccc([N+](=O)[O-])cc3)c(N=Nc3ccccc3)c2)cc1. The van der Waals surface area contributed by atoms with Crippen molar-refractivity contribution < 1.29 is 19.3 Å². The maximum Gasteiger partial charge on any atom is 0.269 e. The lowest BCUT2D eigenvalue weighted by Gasteiger charge is -2.11. The zero-order valence-corrected chi connectivity index (χ0v) is 17.5. The number of hydrogen-bond acceptors (Lipinski definition) is 8. The van der Waals surface area contributed by atoms with Crippen LogP contribution in [0.3, 0.4) is 0 Å². The Bertz CT molecular complexity index is 1340. The lowest BCUT2D eigenvalue weighted by Crippen LogP contribution is -1.90. The zero-order chi connectivity index (χ0) is 23.9. The first-order valence-electron chi connectivity index (χ1n) is 9.93. The topological polar surface area (TPSA) is 129 Å². The highest BCUT2D eigenvalue weighted by molar-refractivity contribution is 5.58. The van der Waals surface area contributed by atoms with Crippen LogP contribution in [0.25, 0.3) is 0 Å². The molecule has 0 aliphatic carbocycles. The zero-order valence-electron chi connectivity index (χ0n) is 17.5. The van der Waals surface area contributed by atoms with E-state index in [0.29, 0.717) is 34.4 Å². The number of hydrogen-bond donors (Lipinski definition) is 0. The van der Waals surface area contributed by atoms with Gasteiger partial charge < -0.3 is 9.47 Å². The molecule has 4 rings (SSSR count). The molecular weight excluding hydrogens is 440 g/mol. The van der Waals surface area contributed by atoms with Crippen molar-refractivity contribution in [3.63, 3.8) is 0 Å². The predicted molar refractivity (Wildman–Crippen MR) is 123 cm³/mol. The number of benzene rings is 4. The Balaban J connectivity index is 1.62. The number of nitrogens with zero attached hydrogens (tertiary/aromatic N) is 4. The van der Waals surface area contributed by atoms with Crippen LogP contribution < -0.4 is 9.47 Å². The normalized spacial score (nSPS) is 10.7. The van der Waals surface area contributed by atoms with E-state index in [4.69, 9.17) is 9.47 Å². The van der Waals surface area contributed by atoms with Gasteiger partial charge in [0.25, 0.3) is 11.4 Å². The molecule has 0 amide bonds. The van der Waals surface area contributed by atoms with E-state index in [9.17, 15) is 20.2 Å². The van der Waals surface area contributed by atoms with Crippen LogP contribution in [0.4, 0.5) is 22.7 Å². The summed E-state index contributed by atoms with van der Waals surface area (Å²) in [4.78, 5) is 20.7. The first-order chi connectivity index (χ1) is 16.5. The molecule has 4 aromatic rings. The molecule has 10 nitrogen and oxygen atoms in total. The van der Waals surface area contributed by atoms with Gasteiger partial charge in [0.05, 0.1) is 15.5 Å². The molecule has 0 aliphatic rings. The summed E-state index contributed by atoms with van der Waals surface area (Å²) in [6, 6.07) is 25.3. The number of azo groups is 1. The molecule has 168 valence electrons. The van der Waals surface area contributed by atoms with E-state index in [1.54, 1.807) is 30.3 Å². The Morgan fingerprint density at radius 2 is 1.12 bits per heavy atom. The highest BCUT2D eigenvalue weighted by atomic mass is 16.6. The fourth-order valence-corrected chi connectivity index (χ4v) is 2.87. The maximum absolute atomic E-state index is 10.9. The minimum absolute atomic E-state index is 0.0449. The van der Waals surface area contributed by atoms with E-state index in [1.807, 2.05) is 18.2 Å². The van der Waals surface area contributed by atoms with Gasteiger partial charge in [-0.15, -0.1) is 5.11 Å². The standard InChI is InChI=1S/C24H16N4O6/c29-27(30)18-6-10-20(11-7-18)33-22-14-15-24(34-21-12-8-19(9-13-21)28(31)32)23(16-22)26-25-17-4-2-1-3-5-17/h1-16H. The summed E-state index contributed by atoms with van der Waals surface area (Å²) < 4.78 is 11.7. The van der Waals surface area contributed by atoms with Gasteiger partial charge in [0.15, 0.2) is 5.75 Å². The van der Waals surface area contributed by atoms with Crippen molar-refractivity contribution in [2.75, 3.05) is 0 Å².